The number of benzene rings is 2. The van der Waals surface area contributed by atoms with E-state index in [2.05, 4.69) is 10.6 Å². The number of carbonyl (C=O) groups is 2. The van der Waals surface area contributed by atoms with E-state index in [0.29, 0.717) is 18.7 Å². The van der Waals surface area contributed by atoms with Crippen molar-refractivity contribution in [2.75, 3.05) is 17.2 Å². The Balaban J connectivity index is 1.76. The van der Waals surface area contributed by atoms with Crippen LogP contribution in [-0.2, 0) is 17.8 Å². The molecule has 136 valence electrons. The van der Waals surface area contributed by atoms with Crippen LogP contribution >= 0.6 is 0 Å². The molecular formula is C18H16F3N3O2. The molecule has 26 heavy (non-hydrogen) atoms. The van der Waals surface area contributed by atoms with E-state index in [4.69, 9.17) is 0 Å². The summed E-state index contributed by atoms with van der Waals surface area (Å²) in [5.41, 5.74) is 2.06. The third kappa shape index (κ3) is 3.49. The zero-order chi connectivity index (χ0) is 18.8. The standard InChI is InChI=1S/C18H16F3N3O2/c1-10(25)22-14-4-2-3-11-9-24(8-7-12(11)14)18(26)23-15-6-5-13(19)16(20)17(15)21/h2-6H,7-9H2,1H3,(H,22,25)(H,23,26). The van der Waals surface area contributed by atoms with Gasteiger partial charge in [0.1, 0.15) is 0 Å². The summed E-state index contributed by atoms with van der Waals surface area (Å²) in [6, 6.07) is 6.48. The predicted octanol–water partition coefficient (Wildman–Crippen LogP) is 3.65. The predicted molar refractivity (Wildman–Crippen MR) is 90.2 cm³/mol. The summed E-state index contributed by atoms with van der Waals surface area (Å²) in [5, 5.41) is 5.01. The third-order valence-electron chi connectivity index (χ3n) is 4.14. The fraction of sp³-hybridized carbons (Fsp3) is 0.222. The number of hydrogen-bond donors (Lipinski definition) is 2. The fourth-order valence-corrected chi connectivity index (χ4v) is 2.91. The van der Waals surface area contributed by atoms with E-state index in [1.165, 1.54) is 11.8 Å². The molecule has 3 rings (SSSR count). The van der Waals surface area contributed by atoms with Crippen LogP contribution in [0.5, 0.6) is 0 Å². The van der Waals surface area contributed by atoms with Crippen LogP contribution in [-0.4, -0.2) is 23.4 Å². The van der Waals surface area contributed by atoms with Crippen molar-refractivity contribution >= 4 is 23.3 Å². The van der Waals surface area contributed by atoms with E-state index in [1.54, 1.807) is 12.1 Å². The summed E-state index contributed by atoms with van der Waals surface area (Å²) >= 11 is 0. The average molecular weight is 363 g/mol. The number of anilines is 2. The van der Waals surface area contributed by atoms with Crippen molar-refractivity contribution in [2.45, 2.75) is 19.9 Å². The van der Waals surface area contributed by atoms with Crippen LogP contribution < -0.4 is 10.6 Å². The molecule has 1 aliphatic rings. The topological polar surface area (TPSA) is 61.4 Å². The van der Waals surface area contributed by atoms with Gasteiger partial charge in [-0.05, 0) is 35.7 Å². The Bertz CT molecular complexity index is 886. The number of carbonyl (C=O) groups excluding carboxylic acids is 2. The Morgan fingerprint density at radius 3 is 2.50 bits per heavy atom. The van der Waals surface area contributed by atoms with Gasteiger partial charge in [-0.15, -0.1) is 0 Å². The summed E-state index contributed by atoms with van der Waals surface area (Å²) in [6.07, 6.45) is 0.499. The van der Waals surface area contributed by atoms with E-state index in [-0.39, 0.29) is 12.5 Å². The van der Waals surface area contributed by atoms with E-state index < -0.39 is 29.2 Å². The molecule has 8 heteroatoms. The van der Waals surface area contributed by atoms with Crippen molar-refractivity contribution in [2.24, 2.45) is 0 Å². The van der Waals surface area contributed by atoms with Crippen molar-refractivity contribution in [3.63, 3.8) is 0 Å². The molecular weight excluding hydrogens is 347 g/mol. The largest absolute Gasteiger partial charge is 0.326 e. The van der Waals surface area contributed by atoms with Gasteiger partial charge in [-0.2, -0.15) is 0 Å². The second-order valence-electron chi connectivity index (χ2n) is 5.95. The van der Waals surface area contributed by atoms with Gasteiger partial charge in [0.25, 0.3) is 0 Å². The quantitative estimate of drug-likeness (QED) is 0.800. The van der Waals surface area contributed by atoms with Crippen LogP contribution in [0.25, 0.3) is 0 Å². The highest BCUT2D eigenvalue weighted by atomic mass is 19.2. The summed E-state index contributed by atoms with van der Waals surface area (Å²) in [7, 11) is 0. The van der Waals surface area contributed by atoms with Crippen molar-refractivity contribution < 1.29 is 22.8 Å². The Kier molecular flexibility index (Phi) is 4.83. The first-order chi connectivity index (χ1) is 12.4. The fourth-order valence-electron chi connectivity index (χ4n) is 2.91. The lowest BCUT2D eigenvalue weighted by molar-refractivity contribution is -0.114. The highest BCUT2D eigenvalue weighted by Crippen LogP contribution is 2.27. The number of amides is 3. The van der Waals surface area contributed by atoms with Crippen LogP contribution in [0.3, 0.4) is 0 Å². The van der Waals surface area contributed by atoms with E-state index in [0.717, 1.165) is 23.3 Å². The number of nitrogens with one attached hydrogen (secondary N) is 2. The molecule has 1 heterocycles. The Morgan fingerprint density at radius 2 is 1.77 bits per heavy atom. The van der Waals surface area contributed by atoms with Gasteiger partial charge in [0.15, 0.2) is 17.5 Å². The van der Waals surface area contributed by atoms with Crippen LogP contribution in [0, 0.1) is 17.5 Å². The van der Waals surface area contributed by atoms with Gasteiger partial charge in [-0.3, -0.25) is 4.79 Å². The summed E-state index contributed by atoms with van der Waals surface area (Å²) < 4.78 is 40.0. The first kappa shape index (κ1) is 17.8. The number of fused-ring (bicyclic) bond motifs is 1. The second-order valence-corrected chi connectivity index (χ2v) is 5.95. The van der Waals surface area contributed by atoms with Crippen LogP contribution in [0.2, 0.25) is 0 Å². The number of nitrogens with zero attached hydrogens (tertiary/aromatic N) is 1. The van der Waals surface area contributed by atoms with E-state index in [1.807, 2.05) is 6.07 Å². The molecule has 5 nitrogen and oxygen atoms in total. The number of hydrogen-bond acceptors (Lipinski definition) is 2. The molecule has 0 aromatic heterocycles. The first-order valence-electron chi connectivity index (χ1n) is 7.94. The van der Waals surface area contributed by atoms with Gasteiger partial charge in [-0.25, -0.2) is 18.0 Å². The number of halogens is 3. The summed E-state index contributed by atoms with van der Waals surface area (Å²) in [4.78, 5) is 25.1. The Labute approximate surface area is 147 Å². The maximum atomic E-state index is 13.7. The lowest BCUT2D eigenvalue weighted by Gasteiger charge is -2.30. The minimum atomic E-state index is -1.63. The van der Waals surface area contributed by atoms with E-state index >= 15 is 0 Å². The minimum Gasteiger partial charge on any atom is -0.326 e. The molecule has 2 aromatic carbocycles. The van der Waals surface area contributed by atoms with Crippen molar-refractivity contribution in [3.8, 4) is 0 Å². The summed E-state index contributed by atoms with van der Waals surface area (Å²) in [6.45, 7) is 2.00. The lowest BCUT2D eigenvalue weighted by atomic mass is 9.98. The smallest absolute Gasteiger partial charge is 0.322 e. The first-order valence-corrected chi connectivity index (χ1v) is 7.94. The third-order valence-corrected chi connectivity index (χ3v) is 4.14. The lowest BCUT2D eigenvalue weighted by Crippen LogP contribution is -2.39. The summed E-state index contributed by atoms with van der Waals surface area (Å²) in [5.74, 6) is -4.58. The SMILES string of the molecule is CC(=O)Nc1cccc2c1CCN(C(=O)Nc1ccc(F)c(F)c1F)C2. The molecule has 0 aliphatic carbocycles. The molecule has 3 amide bonds. The normalized spacial score (nSPS) is 13.2. The monoisotopic (exact) mass is 363 g/mol. The van der Waals surface area contributed by atoms with E-state index in [9.17, 15) is 22.8 Å². The maximum absolute atomic E-state index is 13.7. The van der Waals surface area contributed by atoms with Crippen molar-refractivity contribution in [3.05, 3.63) is 58.9 Å². The van der Waals surface area contributed by atoms with Crippen LogP contribution in [0.4, 0.5) is 29.3 Å². The molecule has 2 N–H and O–H groups in total. The molecule has 2 aromatic rings. The van der Waals surface area contributed by atoms with Crippen molar-refractivity contribution in [1.82, 2.24) is 4.90 Å². The number of rotatable bonds is 2. The molecule has 0 bridgehead atoms. The zero-order valence-electron chi connectivity index (χ0n) is 13.9. The zero-order valence-corrected chi connectivity index (χ0v) is 13.9. The highest BCUT2D eigenvalue weighted by molar-refractivity contribution is 5.91. The average Bonchev–Trinajstić information content (AvgIpc) is 2.61. The minimum absolute atomic E-state index is 0.188. The molecule has 0 spiro atoms. The maximum Gasteiger partial charge on any atom is 0.322 e. The van der Waals surface area contributed by atoms with Gasteiger partial charge in [0.05, 0.1) is 5.69 Å². The molecule has 0 unspecified atom stereocenters. The van der Waals surface area contributed by atoms with Crippen molar-refractivity contribution in [1.29, 1.82) is 0 Å². The Morgan fingerprint density at radius 1 is 1.00 bits per heavy atom. The molecule has 0 saturated heterocycles. The van der Waals surface area contributed by atoms with Gasteiger partial charge >= 0.3 is 6.03 Å². The molecule has 1 aliphatic heterocycles. The van der Waals surface area contributed by atoms with Crippen LogP contribution in [0.1, 0.15) is 18.1 Å². The van der Waals surface area contributed by atoms with Gasteiger partial charge in [0, 0.05) is 25.7 Å². The van der Waals surface area contributed by atoms with Gasteiger partial charge < -0.3 is 15.5 Å². The molecule has 0 saturated carbocycles. The molecule has 0 atom stereocenters. The molecule has 0 radical (unpaired) electrons. The molecule has 0 fully saturated rings. The highest BCUT2D eigenvalue weighted by Gasteiger charge is 2.24. The second kappa shape index (κ2) is 7.07. The van der Waals surface area contributed by atoms with Gasteiger partial charge in [-0.1, -0.05) is 12.1 Å². The number of urea groups is 1. The van der Waals surface area contributed by atoms with Crippen LogP contribution in [0.15, 0.2) is 30.3 Å². The Hall–Kier alpha value is -3.03. The van der Waals surface area contributed by atoms with Gasteiger partial charge in [0.2, 0.25) is 5.91 Å².